The summed E-state index contributed by atoms with van der Waals surface area (Å²) >= 11 is 0. The van der Waals surface area contributed by atoms with E-state index < -0.39 is 29.9 Å². The molecular formula is C20H19F2N5O3. The number of anilines is 1. The molecule has 2 unspecified atom stereocenters. The summed E-state index contributed by atoms with van der Waals surface area (Å²) in [6.45, 7) is -0.613. The van der Waals surface area contributed by atoms with Crippen molar-refractivity contribution in [1.82, 2.24) is 9.88 Å². The van der Waals surface area contributed by atoms with E-state index in [1.54, 1.807) is 0 Å². The minimum absolute atomic E-state index is 0.0154. The second-order valence-corrected chi connectivity index (χ2v) is 7.19. The number of nitrogens with two attached hydrogens (primary N) is 1. The minimum atomic E-state index is -1.31. The molecule has 3 heterocycles. The number of hydrogen-bond acceptors (Lipinski definition) is 6. The van der Waals surface area contributed by atoms with Gasteiger partial charge in [-0.3, -0.25) is 19.5 Å². The van der Waals surface area contributed by atoms with Crippen LogP contribution in [0.4, 0.5) is 14.5 Å². The van der Waals surface area contributed by atoms with Crippen LogP contribution < -0.4 is 11.1 Å². The van der Waals surface area contributed by atoms with E-state index in [4.69, 9.17) is 10.5 Å². The van der Waals surface area contributed by atoms with Gasteiger partial charge in [0.2, 0.25) is 5.91 Å². The molecule has 8 nitrogen and oxygen atoms in total. The van der Waals surface area contributed by atoms with Gasteiger partial charge in [-0.05, 0) is 24.3 Å². The van der Waals surface area contributed by atoms with Crippen LogP contribution in [0.15, 0.2) is 41.5 Å². The van der Waals surface area contributed by atoms with Crippen LogP contribution in [-0.2, 0) is 21.7 Å². The molecule has 1 saturated heterocycles. The van der Waals surface area contributed by atoms with E-state index in [1.165, 1.54) is 48.5 Å². The number of carbonyl (C=O) groups excluding carboxylic acids is 2. The number of benzene rings is 1. The fourth-order valence-corrected chi connectivity index (χ4v) is 3.68. The van der Waals surface area contributed by atoms with Gasteiger partial charge in [0, 0.05) is 30.1 Å². The number of amides is 2. The lowest BCUT2D eigenvalue weighted by Crippen LogP contribution is -2.54. The third kappa shape index (κ3) is 3.18. The van der Waals surface area contributed by atoms with Gasteiger partial charge < -0.3 is 15.8 Å². The van der Waals surface area contributed by atoms with Crippen LogP contribution in [0.25, 0.3) is 0 Å². The zero-order chi connectivity index (χ0) is 21.5. The molecule has 2 aliphatic rings. The summed E-state index contributed by atoms with van der Waals surface area (Å²) in [4.78, 5) is 34.7. The summed E-state index contributed by atoms with van der Waals surface area (Å²) in [7, 11) is 1.50. The lowest BCUT2D eigenvalue weighted by Gasteiger charge is -2.37. The molecule has 2 atom stereocenters. The summed E-state index contributed by atoms with van der Waals surface area (Å²) < 4.78 is 32.9. The van der Waals surface area contributed by atoms with E-state index in [0.717, 1.165) is 0 Å². The van der Waals surface area contributed by atoms with Crippen molar-refractivity contribution in [2.75, 3.05) is 25.6 Å². The van der Waals surface area contributed by atoms with Crippen LogP contribution in [-0.4, -0.2) is 47.9 Å². The molecule has 30 heavy (non-hydrogen) atoms. The van der Waals surface area contributed by atoms with Crippen LogP contribution in [0.5, 0.6) is 0 Å². The van der Waals surface area contributed by atoms with Gasteiger partial charge in [-0.25, -0.2) is 13.8 Å². The molecule has 4 rings (SSSR count). The number of hydrogen-bond donors (Lipinski definition) is 2. The Labute approximate surface area is 170 Å². The van der Waals surface area contributed by atoms with Crippen LogP contribution in [0, 0.1) is 11.7 Å². The molecule has 2 aliphatic heterocycles. The highest BCUT2D eigenvalue weighted by Gasteiger charge is 2.54. The molecule has 1 aromatic carbocycles. The van der Waals surface area contributed by atoms with Crippen LogP contribution in [0.3, 0.4) is 0 Å². The maximum absolute atomic E-state index is 14.8. The second-order valence-electron chi connectivity index (χ2n) is 7.19. The zero-order valence-corrected chi connectivity index (χ0v) is 16.1. The first-order valence-corrected chi connectivity index (χ1v) is 9.18. The van der Waals surface area contributed by atoms with E-state index in [0.29, 0.717) is 5.56 Å². The highest BCUT2D eigenvalue weighted by atomic mass is 19.1. The summed E-state index contributed by atoms with van der Waals surface area (Å²) in [5.41, 5.74) is 5.40. The van der Waals surface area contributed by atoms with Gasteiger partial charge in [0.15, 0.2) is 5.96 Å². The Kier molecular flexibility index (Phi) is 4.94. The topological polar surface area (TPSA) is 110 Å². The van der Waals surface area contributed by atoms with Crippen molar-refractivity contribution in [2.45, 2.75) is 12.2 Å². The summed E-state index contributed by atoms with van der Waals surface area (Å²) in [6, 6.07) is 6.84. The van der Waals surface area contributed by atoms with Crippen molar-refractivity contribution in [3.8, 4) is 0 Å². The number of fused-ring (bicyclic) bond motifs is 1. The number of halogens is 2. The number of nitrogens with zero attached hydrogens (tertiary/aromatic N) is 3. The number of aliphatic imine (C=N–C) groups is 1. The molecule has 2 amide bonds. The van der Waals surface area contributed by atoms with Gasteiger partial charge in [-0.15, -0.1) is 0 Å². The number of alkyl halides is 1. The molecule has 1 aromatic heterocycles. The largest absolute Gasteiger partial charge is 0.378 e. The molecule has 3 N–H and O–H groups in total. The second kappa shape index (κ2) is 7.45. The summed E-state index contributed by atoms with van der Waals surface area (Å²) in [6.07, 6.45) is 1.27. The van der Waals surface area contributed by atoms with E-state index in [9.17, 15) is 18.4 Å². The molecule has 0 bridgehead atoms. The van der Waals surface area contributed by atoms with Crippen LogP contribution >= 0.6 is 0 Å². The fraction of sp³-hybridized carbons (Fsp3) is 0.300. The number of guanidine groups is 1. The first-order valence-electron chi connectivity index (χ1n) is 9.18. The average Bonchev–Trinajstić information content (AvgIpc) is 3.18. The third-order valence-electron chi connectivity index (χ3n) is 5.37. The van der Waals surface area contributed by atoms with Gasteiger partial charge in [0.1, 0.15) is 23.7 Å². The Morgan fingerprint density at radius 1 is 1.40 bits per heavy atom. The van der Waals surface area contributed by atoms with Gasteiger partial charge in [0.25, 0.3) is 5.91 Å². The van der Waals surface area contributed by atoms with E-state index in [-0.39, 0.29) is 42.0 Å². The van der Waals surface area contributed by atoms with E-state index in [2.05, 4.69) is 15.3 Å². The van der Waals surface area contributed by atoms with Crippen LogP contribution in [0.2, 0.25) is 0 Å². The molecule has 0 aliphatic carbocycles. The van der Waals surface area contributed by atoms with Crippen LogP contribution in [0.1, 0.15) is 21.6 Å². The maximum Gasteiger partial charge on any atom is 0.274 e. The minimum Gasteiger partial charge on any atom is -0.378 e. The molecule has 10 heteroatoms. The number of aromatic nitrogens is 1. The highest BCUT2D eigenvalue weighted by Crippen LogP contribution is 2.44. The first-order chi connectivity index (χ1) is 14.4. The monoisotopic (exact) mass is 415 g/mol. The van der Waals surface area contributed by atoms with Crippen molar-refractivity contribution >= 4 is 23.5 Å². The van der Waals surface area contributed by atoms with Gasteiger partial charge in [-0.2, -0.15) is 0 Å². The maximum atomic E-state index is 14.8. The predicted octanol–water partition coefficient (Wildman–Crippen LogP) is 1.57. The number of pyridine rings is 1. The number of carbonyl (C=O) groups is 2. The summed E-state index contributed by atoms with van der Waals surface area (Å²) in [5.74, 6) is -2.22. The van der Waals surface area contributed by atoms with Gasteiger partial charge >= 0.3 is 0 Å². The molecule has 0 spiro atoms. The van der Waals surface area contributed by atoms with E-state index >= 15 is 0 Å². The van der Waals surface area contributed by atoms with Gasteiger partial charge in [0.05, 0.1) is 19.1 Å². The smallest absolute Gasteiger partial charge is 0.274 e. The Bertz CT molecular complexity index is 1040. The van der Waals surface area contributed by atoms with Crippen molar-refractivity contribution in [3.05, 3.63) is 59.2 Å². The lowest BCUT2D eigenvalue weighted by molar-refractivity contribution is -0.133. The molecule has 0 radical (unpaired) electrons. The predicted molar refractivity (Wildman–Crippen MR) is 104 cm³/mol. The van der Waals surface area contributed by atoms with Crippen molar-refractivity contribution in [2.24, 2.45) is 16.6 Å². The Balaban J connectivity index is 1.68. The number of nitrogens with one attached hydrogen (secondary N) is 1. The van der Waals surface area contributed by atoms with Crippen molar-refractivity contribution in [1.29, 1.82) is 0 Å². The molecule has 1 fully saturated rings. The van der Waals surface area contributed by atoms with Crippen molar-refractivity contribution in [3.63, 3.8) is 0 Å². The first kappa shape index (κ1) is 19.9. The Hall–Kier alpha value is -3.40. The average molecular weight is 415 g/mol. The fourth-order valence-electron chi connectivity index (χ4n) is 3.68. The molecular weight excluding hydrogens is 396 g/mol. The normalized spacial score (nSPS) is 23.2. The SMILES string of the molecule is CN1C(=O)C2COCC2(c2cc(NC(=O)c3ccc(CF)cn3)ccc2F)N=C1N. The third-order valence-corrected chi connectivity index (χ3v) is 5.37. The number of ether oxygens (including phenoxy) is 1. The molecule has 156 valence electrons. The molecule has 0 saturated carbocycles. The summed E-state index contributed by atoms with van der Waals surface area (Å²) in [5, 5.41) is 2.63. The standard InChI is InChI=1S/C20H19F2N5O3/c1-27-18(29)14-9-30-10-20(14,26-19(27)23)13-6-12(3-4-15(13)22)25-17(28)16-5-2-11(7-21)8-24-16/h2-6,8,14H,7,9-10H2,1H3,(H2,23,26)(H,25,28). The zero-order valence-electron chi connectivity index (χ0n) is 16.1. The van der Waals surface area contributed by atoms with E-state index in [1.807, 2.05) is 0 Å². The Morgan fingerprint density at radius 3 is 2.90 bits per heavy atom. The lowest BCUT2D eigenvalue weighted by atomic mass is 9.78. The molecule has 2 aromatic rings. The van der Waals surface area contributed by atoms with Gasteiger partial charge in [-0.1, -0.05) is 6.07 Å². The van der Waals surface area contributed by atoms with Crippen molar-refractivity contribution < 1.29 is 23.1 Å². The Morgan fingerprint density at radius 2 is 2.20 bits per heavy atom. The highest BCUT2D eigenvalue weighted by molar-refractivity contribution is 6.03. The number of rotatable bonds is 4. The quantitative estimate of drug-likeness (QED) is 0.788.